The van der Waals surface area contributed by atoms with Crippen molar-refractivity contribution >= 4 is 5.97 Å². The van der Waals surface area contributed by atoms with Crippen LogP contribution < -0.4 is 0 Å². The Morgan fingerprint density at radius 3 is 3.00 bits per heavy atom. The highest BCUT2D eigenvalue weighted by Gasteiger charge is 2.27. The molecule has 1 saturated carbocycles. The molecule has 0 atom stereocenters. The Kier molecular flexibility index (Phi) is 2.27. The lowest BCUT2D eigenvalue weighted by Gasteiger charge is -1.94. The van der Waals surface area contributed by atoms with E-state index in [-0.39, 0.29) is 6.42 Å². The standard InChI is InChI=1S/C10H14N2O2/c1-12-6-8(4-5-9(13)14)11-10(12)7-2-3-7/h6-7H,2-5H2,1H3,(H,13,14). The van der Waals surface area contributed by atoms with Gasteiger partial charge in [0.05, 0.1) is 12.1 Å². The number of nitrogens with zero attached hydrogens (tertiary/aromatic N) is 2. The van der Waals surface area contributed by atoms with E-state index >= 15 is 0 Å². The zero-order chi connectivity index (χ0) is 10.1. The van der Waals surface area contributed by atoms with Crippen LogP contribution in [0.15, 0.2) is 6.20 Å². The zero-order valence-corrected chi connectivity index (χ0v) is 8.23. The Hall–Kier alpha value is -1.32. The number of aromatic nitrogens is 2. The first-order valence-electron chi connectivity index (χ1n) is 4.90. The van der Waals surface area contributed by atoms with Crippen LogP contribution in [0.3, 0.4) is 0 Å². The Morgan fingerprint density at radius 2 is 2.43 bits per heavy atom. The molecule has 1 aliphatic carbocycles. The topological polar surface area (TPSA) is 55.1 Å². The van der Waals surface area contributed by atoms with Crippen LogP contribution in [0.25, 0.3) is 0 Å². The molecular formula is C10H14N2O2. The molecule has 0 saturated heterocycles. The molecule has 1 aliphatic rings. The molecule has 0 bridgehead atoms. The molecule has 0 unspecified atom stereocenters. The van der Waals surface area contributed by atoms with Crippen LogP contribution in [0.5, 0.6) is 0 Å². The van der Waals surface area contributed by atoms with Gasteiger partial charge in [-0.2, -0.15) is 0 Å². The van der Waals surface area contributed by atoms with E-state index < -0.39 is 5.97 Å². The van der Waals surface area contributed by atoms with Crippen molar-refractivity contribution in [1.82, 2.24) is 9.55 Å². The molecule has 0 radical (unpaired) electrons. The summed E-state index contributed by atoms with van der Waals surface area (Å²) in [6.45, 7) is 0. The van der Waals surface area contributed by atoms with Crippen molar-refractivity contribution in [3.05, 3.63) is 17.7 Å². The van der Waals surface area contributed by atoms with Crippen molar-refractivity contribution in [2.24, 2.45) is 7.05 Å². The van der Waals surface area contributed by atoms with Gasteiger partial charge >= 0.3 is 5.97 Å². The molecule has 1 N–H and O–H groups in total. The second kappa shape index (κ2) is 3.44. The number of aryl methyl sites for hydroxylation is 2. The molecule has 1 aromatic heterocycles. The highest BCUT2D eigenvalue weighted by atomic mass is 16.4. The summed E-state index contributed by atoms with van der Waals surface area (Å²) in [5, 5.41) is 8.54. The summed E-state index contributed by atoms with van der Waals surface area (Å²) in [4.78, 5) is 14.8. The van der Waals surface area contributed by atoms with Gasteiger partial charge in [-0.3, -0.25) is 4.79 Å². The maximum Gasteiger partial charge on any atom is 0.303 e. The van der Waals surface area contributed by atoms with Gasteiger partial charge in [-0.1, -0.05) is 0 Å². The summed E-state index contributed by atoms with van der Waals surface area (Å²) in [7, 11) is 1.98. The van der Waals surface area contributed by atoms with Crippen LogP contribution in [-0.4, -0.2) is 20.6 Å². The molecule has 1 heterocycles. The van der Waals surface area contributed by atoms with Crippen molar-refractivity contribution in [2.75, 3.05) is 0 Å². The molecule has 1 fully saturated rings. The van der Waals surface area contributed by atoms with E-state index in [1.54, 1.807) is 0 Å². The second-order valence-corrected chi connectivity index (χ2v) is 3.87. The van der Waals surface area contributed by atoms with Gasteiger partial charge in [-0.25, -0.2) is 4.98 Å². The Morgan fingerprint density at radius 1 is 1.71 bits per heavy atom. The molecule has 2 rings (SSSR count). The summed E-state index contributed by atoms with van der Waals surface area (Å²) < 4.78 is 2.02. The van der Waals surface area contributed by atoms with Crippen LogP contribution in [0, 0.1) is 0 Å². The third-order valence-electron chi connectivity index (χ3n) is 2.50. The second-order valence-electron chi connectivity index (χ2n) is 3.87. The van der Waals surface area contributed by atoms with Crippen LogP contribution in [-0.2, 0) is 18.3 Å². The monoisotopic (exact) mass is 194 g/mol. The number of hydrogen-bond acceptors (Lipinski definition) is 2. The third-order valence-corrected chi connectivity index (χ3v) is 2.50. The number of rotatable bonds is 4. The highest BCUT2D eigenvalue weighted by Crippen LogP contribution is 2.39. The lowest BCUT2D eigenvalue weighted by molar-refractivity contribution is -0.136. The van der Waals surface area contributed by atoms with Gasteiger partial charge in [0, 0.05) is 25.6 Å². The van der Waals surface area contributed by atoms with Crippen LogP contribution in [0.4, 0.5) is 0 Å². The van der Waals surface area contributed by atoms with E-state index in [9.17, 15) is 4.79 Å². The van der Waals surface area contributed by atoms with E-state index in [1.807, 2.05) is 17.8 Å². The number of carboxylic acids is 1. The van der Waals surface area contributed by atoms with E-state index in [2.05, 4.69) is 4.98 Å². The average molecular weight is 194 g/mol. The Labute approximate surface area is 82.6 Å². The molecule has 4 heteroatoms. The summed E-state index contributed by atoms with van der Waals surface area (Å²) in [5.74, 6) is 0.979. The predicted molar refractivity (Wildman–Crippen MR) is 51.1 cm³/mol. The van der Waals surface area contributed by atoms with Gasteiger partial charge in [0.25, 0.3) is 0 Å². The molecule has 76 valence electrons. The molecular weight excluding hydrogens is 180 g/mol. The van der Waals surface area contributed by atoms with Gasteiger partial charge in [0.2, 0.25) is 0 Å². The van der Waals surface area contributed by atoms with E-state index in [4.69, 9.17) is 5.11 Å². The van der Waals surface area contributed by atoms with Gasteiger partial charge in [-0.15, -0.1) is 0 Å². The van der Waals surface area contributed by atoms with E-state index in [0.29, 0.717) is 12.3 Å². The Bertz CT molecular complexity index is 353. The molecule has 14 heavy (non-hydrogen) atoms. The fourth-order valence-corrected chi connectivity index (χ4v) is 1.62. The first-order chi connectivity index (χ1) is 6.66. The molecule has 0 aliphatic heterocycles. The van der Waals surface area contributed by atoms with Crippen LogP contribution >= 0.6 is 0 Å². The average Bonchev–Trinajstić information content (AvgIpc) is 2.88. The lowest BCUT2D eigenvalue weighted by Crippen LogP contribution is -1.97. The van der Waals surface area contributed by atoms with Crippen molar-refractivity contribution in [2.45, 2.75) is 31.6 Å². The van der Waals surface area contributed by atoms with Crippen LogP contribution in [0.1, 0.15) is 36.7 Å². The van der Waals surface area contributed by atoms with E-state index in [0.717, 1.165) is 11.5 Å². The first-order valence-corrected chi connectivity index (χ1v) is 4.90. The molecule has 1 aromatic rings. The number of imidazole rings is 1. The van der Waals surface area contributed by atoms with E-state index in [1.165, 1.54) is 12.8 Å². The van der Waals surface area contributed by atoms with Gasteiger partial charge in [0.1, 0.15) is 5.82 Å². The fourth-order valence-electron chi connectivity index (χ4n) is 1.62. The fraction of sp³-hybridized carbons (Fsp3) is 0.600. The zero-order valence-electron chi connectivity index (χ0n) is 8.23. The third kappa shape index (κ3) is 1.95. The van der Waals surface area contributed by atoms with Gasteiger partial charge in [-0.05, 0) is 12.8 Å². The normalized spacial score (nSPS) is 15.8. The van der Waals surface area contributed by atoms with Crippen molar-refractivity contribution in [3.8, 4) is 0 Å². The molecule has 0 aromatic carbocycles. The highest BCUT2D eigenvalue weighted by molar-refractivity contribution is 5.66. The van der Waals surface area contributed by atoms with Crippen LogP contribution in [0.2, 0.25) is 0 Å². The minimum absolute atomic E-state index is 0.168. The number of carbonyl (C=O) groups is 1. The van der Waals surface area contributed by atoms with Gasteiger partial charge in [0.15, 0.2) is 0 Å². The summed E-state index contributed by atoms with van der Waals surface area (Å²) in [5.41, 5.74) is 0.900. The minimum Gasteiger partial charge on any atom is -0.481 e. The lowest BCUT2D eigenvalue weighted by atomic mass is 10.2. The maximum absolute atomic E-state index is 10.4. The number of carboxylic acid groups (broad SMARTS) is 1. The predicted octanol–water partition coefficient (Wildman–Crippen LogP) is 1.31. The smallest absolute Gasteiger partial charge is 0.303 e. The summed E-state index contributed by atoms with van der Waals surface area (Å²) >= 11 is 0. The Balaban J connectivity index is 2.04. The summed E-state index contributed by atoms with van der Waals surface area (Å²) in [6.07, 6.45) is 5.10. The van der Waals surface area contributed by atoms with Gasteiger partial charge < -0.3 is 9.67 Å². The quantitative estimate of drug-likeness (QED) is 0.786. The SMILES string of the molecule is Cn1cc(CCC(=O)O)nc1C1CC1. The number of aliphatic carboxylic acids is 1. The molecule has 0 amide bonds. The maximum atomic E-state index is 10.4. The number of hydrogen-bond donors (Lipinski definition) is 1. The summed E-state index contributed by atoms with van der Waals surface area (Å²) in [6, 6.07) is 0. The van der Waals surface area contributed by atoms with Crippen molar-refractivity contribution in [1.29, 1.82) is 0 Å². The van der Waals surface area contributed by atoms with Crippen molar-refractivity contribution in [3.63, 3.8) is 0 Å². The molecule has 0 spiro atoms. The van der Waals surface area contributed by atoms with Crippen molar-refractivity contribution < 1.29 is 9.90 Å². The largest absolute Gasteiger partial charge is 0.481 e. The minimum atomic E-state index is -0.761. The molecule has 4 nitrogen and oxygen atoms in total. The first kappa shape index (κ1) is 9.24.